The van der Waals surface area contributed by atoms with E-state index in [0.29, 0.717) is 38.9 Å². The van der Waals surface area contributed by atoms with E-state index in [4.69, 9.17) is 4.74 Å². The molecule has 1 N–H and O–H groups in total. The van der Waals surface area contributed by atoms with E-state index in [9.17, 15) is 19.2 Å². The molecule has 2 atom stereocenters. The van der Waals surface area contributed by atoms with E-state index in [-0.39, 0.29) is 30.7 Å². The first-order valence-corrected chi connectivity index (χ1v) is 10.6. The lowest BCUT2D eigenvalue weighted by atomic mass is 10.1. The highest BCUT2D eigenvalue weighted by Gasteiger charge is 2.42. The summed E-state index contributed by atoms with van der Waals surface area (Å²) in [6.07, 6.45) is 2.24. The number of nitrogens with one attached hydrogen (secondary N) is 1. The van der Waals surface area contributed by atoms with Gasteiger partial charge in [0, 0.05) is 19.6 Å². The zero-order chi connectivity index (χ0) is 21.5. The normalized spacial score (nSPS) is 20.8. The number of urea groups is 1. The van der Waals surface area contributed by atoms with Crippen LogP contribution in [-0.4, -0.2) is 65.3 Å². The molecule has 0 bridgehead atoms. The predicted octanol–water partition coefficient (Wildman–Crippen LogP) is 1.87. The zero-order valence-electron chi connectivity index (χ0n) is 17.3. The number of nitrogens with zero attached hydrogens (tertiary/aromatic N) is 2. The van der Waals surface area contributed by atoms with Crippen LogP contribution in [0.3, 0.4) is 0 Å². The Labute approximate surface area is 176 Å². The maximum Gasteiger partial charge on any atom is 0.318 e. The van der Waals surface area contributed by atoms with E-state index in [1.54, 1.807) is 16.7 Å². The van der Waals surface area contributed by atoms with Gasteiger partial charge in [0.15, 0.2) is 5.78 Å². The maximum atomic E-state index is 13.2. The molecule has 2 aliphatic rings. The van der Waals surface area contributed by atoms with Gasteiger partial charge in [-0.1, -0.05) is 30.3 Å². The van der Waals surface area contributed by atoms with Gasteiger partial charge >= 0.3 is 12.0 Å². The van der Waals surface area contributed by atoms with Gasteiger partial charge in [-0.2, -0.15) is 0 Å². The standard InChI is InChI=1S/C22H29N3O5/c1-2-30-20(27)14-19(26)17-10-6-12-24(17)21(28)18-11-7-13-25(18)22(29)23-15-16-8-4-3-5-9-16/h3-5,8-9,17-18H,2,6-7,10-15H2,1H3,(H,23,29)/t17-,18-/m0/s1. The lowest BCUT2D eigenvalue weighted by Crippen LogP contribution is -2.53. The number of amides is 3. The number of likely N-dealkylation sites (tertiary alicyclic amines) is 2. The average molecular weight is 415 g/mol. The van der Waals surface area contributed by atoms with Gasteiger partial charge in [0.1, 0.15) is 12.5 Å². The first kappa shape index (κ1) is 21.8. The SMILES string of the molecule is CCOC(=O)CC(=O)[C@@H]1CCCN1C(=O)[C@@H]1CCCN1C(=O)NCc1ccccc1. The lowest BCUT2D eigenvalue weighted by Gasteiger charge is -2.31. The summed E-state index contributed by atoms with van der Waals surface area (Å²) in [5.41, 5.74) is 0.983. The van der Waals surface area contributed by atoms with Crippen LogP contribution in [0.15, 0.2) is 30.3 Å². The summed E-state index contributed by atoms with van der Waals surface area (Å²) in [6, 6.07) is 8.12. The largest absolute Gasteiger partial charge is 0.466 e. The van der Waals surface area contributed by atoms with Crippen molar-refractivity contribution in [1.82, 2.24) is 15.1 Å². The number of rotatable bonds is 7. The fraction of sp³-hybridized carbons (Fsp3) is 0.545. The fourth-order valence-corrected chi connectivity index (χ4v) is 4.17. The Morgan fingerprint density at radius 1 is 1.00 bits per heavy atom. The summed E-state index contributed by atoms with van der Waals surface area (Å²) in [6.45, 7) is 3.27. The van der Waals surface area contributed by atoms with Crippen LogP contribution < -0.4 is 5.32 Å². The molecule has 2 heterocycles. The summed E-state index contributed by atoms with van der Waals surface area (Å²) in [5.74, 6) is -1.07. The van der Waals surface area contributed by atoms with Crippen LogP contribution in [0, 0.1) is 0 Å². The Balaban J connectivity index is 1.60. The third-order valence-electron chi connectivity index (χ3n) is 5.62. The number of ether oxygens (including phenoxy) is 1. The van der Waals surface area contributed by atoms with Gasteiger partial charge < -0.3 is 19.9 Å². The Morgan fingerprint density at radius 2 is 1.67 bits per heavy atom. The van der Waals surface area contributed by atoms with E-state index in [2.05, 4.69) is 5.32 Å². The molecule has 0 spiro atoms. The highest BCUT2D eigenvalue weighted by molar-refractivity contribution is 6.01. The number of carbonyl (C=O) groups excluding carboxylic acids is 4. The highest BCUT2D eigenvalue weighted by Crippen LogP contribution is 2.26. The highest BCUT2D eigenvalue weighted by atomic mass is 16.5. The molecule has 1 aromatic carbocycles. The molecule has 3 amide bonds. The van der Waals surface area contributed by atoms with Crippen molar-refractivity contribution in [2.75, 3.05) is 19.7 Å². The van der Waals surface area contributed by atoms with Crippen LogP contribution in [0.5, 0.6) is 0 Å². The third kappa shape index (κ3) is 5.17. The summed E-state index contributed by atoms with van der Waals surface area (Å²) < 4.78 is 4.86. The Hall–Kier alpha value is -2.90. The Bertz CT molecular complexity index is 782. The number of benzene rings is 1. The smallest absolute Gasteiger partial charge is 0.318 e. The minimum atomic E-state index is -0.614. The van der Waals surface area contributed by atoms with Crippen molar-refractivity contribution in [3.8, 4) is 0 Å². The van der Waals surface area contributed by atoms with E-state index in [1.165, 1.54) is 0 Å². The molecule has 1 aromatic rings. The molecule has 0 aromatic heterocycles. The second-order valence-electron chi connectivity index (χ2n) is 7.63. The molecule has 8 nitrogen and oxygen atoms in total. The summed E-state index contributed by atoms with van der Waals surface area (Å²) in [5, 5.41) is 2.88. The monoisotopic (exact) mass is 415 g/mol. The fourth-order valence-electron chi connectivity index (χ4n) is 4.17. The van der Waals surface area contributed by atoms with Crippen LogP contribution in [0.1, 0.15) is 44.6 Å². The van der Waals surface area contributed by atoms with Gasteiger partial charge in [-0.3, -0.25) is 14.4 Å². The number of carbonyl (C=O) groups is 4. The predicted molar refractivity (Wildman–Crippen MR) is 109 cm³/mol. The molecule has 2 saturated heterocycles. The molecule has 3 rings (SSSR count). The van der Waals surface area contributed by atoms with Gasteiger partial charge in [-0.15, -0.1) is 0 Å². The Morgan fingerprint density at radius 3 is 2.37 bits per heavy atom. The van der Waals surface area contributed by atoms with E-state index in [0.717, 1.165) is 12.0 Å². The van der Waals surface area contributed by atoms with Crippen molar-refractivity contribution in [3.05, 3.63) is 35.9 Å². The number of Topliss-reactive ketones (excluding diaryl/α,β-unsaturated/α-hetero) is 1. The van der Waals surface area contributed by atoms with Crippen LogP contribution in [-0.2, 0) is 25.7 Å². The second-order valence-corrected chi connectivity index (χ2v) is 7.63. The van der Waals surface area contributed by atoms with Gasteiger partial charge in [-0.05, 0) is 38.2 Å². The minimum absolute atomic E-state index is 0.206. The topological polar surface area (TPSA) is 96.0 Å². The van der Waals surface area contributed by atoms with E-state index >= 15 is 0 Å². The molecule has 0 aliphatic carbocycles. The van der Waals surface area contributed by atoms with Crippen molar-refractivity contribution < 1.29 is 23.9 Å². The van der Waals surface area contributed by atoms with Crippen molar-refractivity contribution >= 4 is 23.7 Å². The zero-order valence-corrected chi connectivity index (χ0v) is 17.3. The summed E-state index contributed by atoms with van der Waals surface area (Å²) in [7, 11) is 0. The molecular formula is C22H29N3O5. The summed E-state index contributed by atoms with van der Waals surface area (Å²) in [4.78, 5) is 53.2. The molecule has 0 unspecified atom stereocenters. The van der Waals surface area contributed by atoms with Crippen molar-refractivity contribution in [1.29, 1.82) is 0 Å². The minimum Gasteiger partial charge on any atom is -0.466 e. The van der Waals surface area contributed by atoms with Crippen molar-refractivity contribution in [3.63, 3.8) is 0 Å². The maximum absolute atomic E-state index is 13.2. The quantitative estimate of drug-likeness (QED) is 0.542. The molecule has 30 heavy (non-hydrogen) atoms. The van der Waals surface area contributed by atoms with Crippen LogP contribution in [0.25, 0.3) is 0 Å². The molecular weight excluding hydrogens is 386 g/mol. The molecule has 8 heteroatoms. The van der Waals surface area contributed by atoms with Gasteiger partial charge in [0.25, 0.3) is 0 Å². The first-order valence-electron chi connectivity index (χ1n) is 10.6. The molecule has 2 aliphatic heterocycles. The number of hydrogen-bond donors (Lipinski definition) is 1. The summed E-state index contributed by atoms with van der Waals surface area (Å²) >= 11 is 0. The average Bonchev–Trinajstić information content (AvgIpc) is 3.42. The van der Waals surface area contributed by atoms with Crippen LogP contribution in [0.4, 0.5) is 4.79 Å². The second kappa shape index (κ2) is 10.2. The van der Waals surface area contributed by atoms with E-state index in [1.807, 2.05) is 30.3 Å². The van der Waals surface area contributed by atoms with E-state index < -0.39 is 18.1 Å². The van der Waals surface area contributed by atoms with Crippen molar-refractivity contribution in [2.45, 2.75) is 57.7 Å². The lowest BCUT2D eigenvalue weighted by molar-refractivity contribution is -0.148. The number of esters is 1. The van der Waals surface area contributed by atoms with Gasteiger partial charge in [0.2, 0.25) is 5.91 Å². The third-order valence-corrected chi connectivity index (χ3v) is 5.62. The van der Waals surface area contributed by atoms with Gasteiger partial charge in [0.05, 0.1) is 12.6 Å². The van der Waals surface area contributed by atoms with Crippen LogP contribution in [0.2, 0.25) is 0 Å². The molecule has 0 radical (unpaired) electrons. The molecule has 0 saturated carbocycles. The van der Waals surface area contributed by atoms with Crippen LogP contribution >= 0.6 is 0 Å². The Kier molecular flexibility index (Phi) is 7.43. The first-order chi connectivity index (χ1) is 14.5. The number of ketones is 1. The van der Waals surface area contributed by atoms with Gasteiger partial charge in [-0.25, -0.2) is 4.79 Å². The molecule has 2 fully saturated rings. The number of hydrogen-bond acceptors (Lipinski definition) is 5. The van der Waals surface area contributed by atoms with Crippen molar-refractivity contribution in [2.24, 2.45) is 0 Å². The molecule has 162 valence electrons.